The molecule has 1 aromatic rings. The summed E-state index contributed by atoms with van der Waals surface area (Å²) in [5.41, 5.74) is 1.13. The fraction of sp³-hybridized carbons (Fsp3) is 0.429. The van der Waals surface area contributed by atoms with Crippen LogP contribution in [0.15, 0.2) is 28.7 Å². The number of nitrogens with one attached hydrogen (secondary N) is 1. The van der Waals surface area contributed by atoms with Crippen molar-refractivity contribution < 1.29 is 4.74 Å². The first kappa shape index (κ1) is 14.3. The quantitative estimate of drug-likeness (QED) is 0.808. The zero-order valence-electron chi connectivity index (χ0n) is 10.7. The van der Waals surface area contributed by atoms with Gasteiger partial charge in [-0.05, 0) is 36.2 Å². The van der Waals surface area contributed by atoms with E-state index in [0.29, 0.717) is 5.92 Å². The molecule has 0 atom stereocenters. The van der Waals surface area contributed by atoms with Crippen LogP contribution in [0.5, 0.6) is 5.75 Å². The van der Waals surface area contributed by atoms with E-state index < -0.39 is 0 Å². The number of hydrogen-bond donors (Lipinski definition) is 1. The Kier molecular flexibility index (Phi) is 6.30. The van der Waals surface area contributed by atoms with Crippen LogP contribution >= 0.6 is 15.9 Å². The summed E-state index contributed by atoms with van der Waals surface area (Å²) in [5, 5.41) is 3.37. The largest absolute Gasteiger partial charge is 0.497 e. The molecule has 0 bridgehead atoms. The van der Waals surface area contributed by atoms with Crippen molar-refractivity contribution in [1.29, 1.82) is 0 Å². The summed E-state index contributed by atoms with van der Waals surface area (Å²) in [6.07, 6.45) is 4.22. The van der Waals surface area contributed by atoms with Crippen LogP contribution in [-0.2, 0) is 0 Å². The first-order valence-corrected chi connectivity index (χ1v) is 6.63. The van der Waals surface area contributed by atoms with E-state index in [9.17, 15) is 0 Å². The number of methoxy groups -OCH3 is 1. The lowest BCUT2D eigenvalue weighted by atomic mass is 10.2. The molecule has 0 spiro atoms. The number of ether oxygens (including phenoxy) is 1. The summed E-state index contributed by atoms with van der Waals surface area (Å²) >= 11 is 3.52. The minimum Gasteiger partial charge on any atom is -0.497 e. The maximum atomic E-state index is 5.20. The molecule has 0 radical (unpaired) electrons. The Morgan fingerprint density at radius 1 is 1.41 bits per heavy atom. The summed E-state index contributed by atoms with van der Waals surface area (Å²) < 4.78 is 6.28. The molecule has 0 saturated heterocycles. The predicted octanol–water partition coefficient (Wildman–Crippen LogP) is 3.72. The molecule has 0 heterocycles. The van der Waals surface area contributed by atoms with Crippen LogP contribution in [0.1, 0.15) is 19.4 Å². The molecule has 0 aromatic heterocycles. The molecular weight excluding hydrogens is 278 g/mol. The van der Waals surface area contributed by atoms with Gasteiger partial charge in [0, 0.05) is 11.0 Å². The summed E-state index contributed by atoms with van der Waals surface area (Å²) in [6.45, 7) is 6.34. The topological polar surface area (TPSA) is 21.3 Å². The van der Waals surface area contributed by atoms with Gasteiger partial charge in [-0.25, -0.2) is 0 Å². The molecule has 3 heteroatoms. The van der Waals surface area contributed by atoms with E-state index in [0.717, 1.165) is 28.9 Å². The van der Waals surface area contributed by atoms with Gasteiger partial charge >= 0.3 is 0 Å². The van der Waals surface area contributed by atoms with E-state index in [-0.39, 0.29) is 0 Å². The highest BCUT2D eigenvalue weighted by atomic mass is 79.9. The number of rotatable bonds is 6. The fourth-order valence-corrected chi connectivity index (χ4v) is 1.80. The van der Waals surface area contributed by atoms with Crippen LogP contribution in [-0.4, -0.2) is 20.2 Å². The maximum absolute atomic E-state index is 5.20. The molecule has 2 nitrogen and oxygen atoms in total. The maximum Gasteiger partial charge on any atom is 0.119 e. The molecule has 17 heavy (non-hydrogen) atoms. The van der Waals surface area contributed by atoms with Crippen LogP contribution in [0.2, 0.25) is 0 Å². The second kappa shape index (κ2) is 7.51. The summed E-state index contributed by atoms with van der Waals surface area (Å²) in [7, 11) is 1.68. The Hall–Kier alpha value is -0.800. The van der Waals surface area contributed by atoms with Crippen molar-refractivity contribution in [2.75, 3.05) is 20.2 Å². The summed E-state index contributed by atoms with van der Waals surface area (Å²) in [6, 6.07) is 5.96. The molecule has 0 aliphatic carbocycles. The molecule has 1 rings (SSSR count). The van der Waals surface area contributed by atoms with Gasteiger partial charge in [0.05, 0.1) is 7.11 Å². The van der Waals surface area contributed by atoms with Crippen molar-refractivity contribution in [3.05, 3.63) is 34.3 Å². The number of hydrogen-bond acceptors (Lipinski definition) is 2. The smallest absolute Gasteiger partial charge is 0.119 e. The monoisotopic (exact) mass is 297 g/mol. The Morgan fingerprint density at radius 2 is 2.18 bits per heavy atom. The third-order valence-corrected chi connectivity index (χ3v) is 3.04. The molecule has 94 valence electrons. The Bertz CT molecular complexity index is 374. The van der Waals surface area contributed by atoms with Crippen molar-refractivity contribution in [2.45, 2.75) is 13.8 Å². The third kappa shape index (κ3) is 5.37. The molecule has 0 fully saturated rings. The van der Waals surface area contributed by atoms with Crippen LogP contribution in [0.4, 0.5) is 0 Å². The molecule has 1 aromatic carbocycles. The Balaban J connectivity index is 2.52. The SMILES string of the molecule is COc1ccc(Br)c(/C=C/CNCC(C)C)c1. The highest BCUT2D eigenvalue weighted by Crippen LogP contribution is 2.23. The highest BCUT2D eigenvalue weighted by Gasteiger charge is 1.98. The zero-order chi connectivity index (χ0) is 12.7. The van der Waals surface area contributed by atoms with E-state index in [2.05, 4.69) is 47.2 Å². The highest BCUT2D eigenvalue weighted by molar-refractivity contribution is 9.10. The van der Waals surface area contributed by atoms with Gasteiger partial charge < -0.3 is 10.1 Å². The van der Waals surface area contributed by atoms with Gasteiger partial charge in [0.1, 0.15) is 5.75 Å². The van der Waals surface area contributed by atoms with E-state index in [1.807, 2.05) is 18.2 Å². The lowest BCUT2D eigenvalue weighted by Gasteiger charge is -2.05. The van der Waals surface area contributed by atoms with E-state index in [4.69, 9.17) is 4.74 Å². The molecular formula is C14H20BrNO. The molecule has 0 unspecified atom stereocenters. The minimum atomic E-state index is 0.687. The lowest BCUT2D eigenvalue weighted by Crippen LogP contribution is -2.19. The summed E-state index contributed by atoms with van der Waals surface area (Å²) in [5.74, 6) is 1.56. The zero-order valence-corrected chi connectivity index (χ0v) is 12.3. The predicted molar refractivity (Wildman–Crippen MR) is 77.4 cm³/mol. The molecule has 0 aliphatic rings. The van der Waals surface area contributed by atoms with Gasteiger partial charge in [0.15, 0.2) is 0 Å². The second-order valence-corrected chi connectivity index (χ2v) is 5.20. The van der Waals surface area contributed by atoms with Crippen molar-refractivity contribution in [1.82, 2.24) is 5.32 Å². The first-order chi connectivity index (χ1) is 8.13. The van der Waals surface area contributed by atoms with Crippen molar-refractivity contribution in [3.63, 3.8) is 0 Å². The molecule has 0 amide bonds. The van der Waals surface area contributed by atoms with Crippen molar-refractivity contribution >= 4 is 22.0 Å². The third-order valence-electron chi connectivity index (χ3n) is 2.32. The Morgan fingerprint density at radius 3 is 2.82 bits per heavy atom. The van der Waals surface area contributed by atoms with Gasteiger partial charge in [0.25, 0.3) is 0 Å². The molecule has 0 aliphatic heterocycles. The van der Waals surface area contributed by atoms with E-state index in [1.165, 1.54) is 0 Å². The van der Waals surface area contributed by atoms with Crippen LogP contribution < -0.4 is 10.1 Å². The average molecular weight is 298 g/mol. The van der Waals surface area contributed by atoms with E-state index in [1.54, 1.807) is 7.11 Å². The number of benzene rings is 1. The van der Waals surface area contributed by atoms with Gasteiger partial charge in [-0.2, -0.15) is 0 Å². The lowest BCUT2D eigenvalue weighted by molar-refractivity contribution is 0.414. The molecule has 1 N–H and O–H groups in total. The van der Waals surface area contributed by atoms with Crippen LogP contribution in [0.25, 0.3) is 6.08 Å². The van der Waals surface area contributed by atoms with Gasteiger partial charge in [-0.15, -0.1) is 0 Å². The van der Waals surface area contributed by atoms with Crippen molar-refractivity contribution in [3.8, 4) is 5.75 Å². The average Bonchev–Trinajstić information content (AvgIpc) is 2.30. The standard InChI is InChI=1S/C14H20BrNO/c1-11(2)10-16-8-4-5-12-9-13(17-3)6-7-14(12)15/h4-7,9,11,16H,8,10H2,1-3H3/b5-4+. The fourth-order valence-electron chi connectivity index (χ4n) is 1.42. The summed E-state index contributed by atoms with van der Waals surface area (Å²) in [4.78, 5) is 0. The van der Waals surface area contributed by atoms with Gasteiger partial charge in [-0.1, -0.05) is 41.9 Å². The molecule has 0 saturated carbocycles. The minimum absolute atomic E-state index is 0.687. The van der Waals surface area contributed by atoms with Crippen molar-refractivity contribution in [2.24, 2.45) is 5.92 Å². The van der Waals surface area contributed by atoms with Crippen LogP contribution in [0.3, 0.4) is 0 Å². The van der Waals surface area contributed by atoms with Gasteiger partial charge in [0.2, 0.25) is 0 Å². The second-order valence-electron chi connectivity index (χ2n) is 4.34. The first-order valence-electron chi connectivity index (χ1n) is 5.84. The van der Waals surface area contributed by atoms with Gasteiger partial charge in [-0.3, -0.25) is 0 Å². The normalized spacial score (nSPS) is 11.4. The Labute approximate surface area is 112 Å². The van der Waals surface area contributed by atoms with E-state index >= 15 is 0 Å². The number of halogens is 1. The van der Waals surface area contributed by atoms with Crippen LogP contribution in [0, 0.1) is 5.92 Å².